The molecule has 134 valence electrons. The van der Waals surface area contributed by atoms with Crippen molar-refractivity contribution in [3.63, 3.8) is 0 Å². The van der Waals surface area contributed by atoms with E-state index in [9.17, 15) is 9.59 Å². The summed E-state index contributed by atoms with van der Waals surface area (Å²) in [6.45, 7) is 3.75. The van der Waals surface area contributed by atoms with Gasteiger partial charge >= 0.3 is 0 Å². The molecule has 0 aliphatic heterocycles. The number of carbonyl (C=O) groups is 2. The Morgan fingerprint density at radius 1 is 1.04 bits per heavy atom. The number of aryl methyl sites for hydroxylation is 1. The number of carbonyl (C=O) groups excluding carboxylic acids is 2. The first-order chi connectivity index (χ1) is 12.4. The van der Waals surface area contributed by atoms with E-state index in [1.54, 1.807) is 18.2 Å². The van der Waals surface area contributed by atoms with Gasteiger partial charge in [-0.1, -0.05) is 29.8 Å². The van der Waals surface area contributed by atoms with Crippen molar-refractivity contribution in [3.8, 4) is 0 Å². The van der Waals surface area contributed by atoms with Crippen LogP contribution in [0.15, 0.2) is 48.5 Å². The van der Waals surface area contributed by atoms with Gasteiger partial charge in [-0.3, -0.25) is 9.59 Å². The lowest BCUT2D eigenvalue weighted by Crippen LogP contribution is -2.31. The lowest BCUT2D eigenvalue weighted by Gasteiger charge is -2.14. The van der Waals surface area contributed by atoms with E-state index in [4.69, 9.17) is 11.6 Å². The second-order valence-electron chi connectivity index (χ2n) is 6.42. The predicted octanol–water partition coefficient (Wildman–Crippen LogP) is 4.22. The molecule has 0 aliphatic rings. The van der Waals surface area contributed by atoms with E-state index in [0.717, 1.165) is 10.9 Å². The van der Waals surface area contributed by atoms with E-state index in [1.165, 1.54) is 0 Å². The van der Waals surface area contributed by atoms with Crippen LogP contribution in [0.25, 0.3) is 10.9 Å². The molecule has 0 unspecified atom stereocenters. The van der Waals surface area contributed by atoms with Crippen LogP contribution in [0, 0.1) is 0 Å². The van der Waals surface area contributed by atoms with E-state index in [1.807, 2.05) is 55.8 Å². The van der Waals surface area contributed by atoms with E-state index in [2.05, 4.69) is 10.6 Å². The van der Waals surface area contributed by atoms with Gasteiger partial charge in [-0.2, -0.15) is 0 Å². The molecular formula is C20H20ClN3O2. The quantitative estimate of drug-likeness (QED) is 0.723. The van der Waals surface area contributed by atoms with Gasteiger partial charge in [0, 0.05) is 29.0 Å². The number of hydrogen-bond acceptors (Lipinski definition) is 2. The number of anilines is 1. The van der Waals surface area contributed by atoms with E-state index >= 15 is 0 Å². The Morgan fingerprint density at radius 2 is 1.77 bits per heavy atom. The molecule has 26 heavy (non-hydrogen) atoms. The summed E-state index contributed by atoms with van der Waals surface area (Å²) in [5.74, 6) is -0.562. The number of aromatic nitrogens is 1. The van der Waals surface area contributed by atoms with Gasteiger partial charge < -0.3 is 15.2 Å². The van der Waals surface area contributed by atoms with Gasteiger partial charge in [-0.05, 0) is 44.2 Å². The Morgan fingerprint density at radius 3 is 2.46 bits per heavy atom. The molecule has 2 amide bonds. The van der Waals surface area contributed by atoms with Gasteiger partial charge in [0.2, 0.25) is 0 Å². The highest BCUT2D eigenvalue weighted by Gasteiger charge is 2.18. The molecule has 3 aromatic rings. The van der Waals surface area contributed by atoms with Crippen LogP contribution in [-0.4, -0.2) is 22.4 Å². The monoisotopic (exact) mass is 369 g/mol. The Kier molecular flexibility index (Phi) is 5.00. The molecule has 2 N–H and O–H groups in total. The first-order valence-electron chi connectivity index (χ1n) is 8.33. The summed E-state index contributed by atoms with van der Waals surface area (Å²) in [5, 5.41) is 7.06. The minimum atomic E-state index is -0.301. The normalized spacial score (nSPS) is 11.0. The molecule has 6 heteroatoms. The zero-order chi connectivity index (χ0) is 18.8. The summed E-state index contributed by atoms with van der Waals surface area (Å²) >= 11 is 6.06. The first kappa shape index (κ1) is 18.0. The fraction of sp³-hybridized carbons (Fsp3) is 0.200. The lowest BCUT2D eigenvalue weighted by molar-refractivity contribution is 0.0944. The molecule has 0 spiro atoms. The van der Waals surface area contributed by atoms with Crippen molar-refractivity contribution in [1.29, 1.82) is 0 Å². The van der Waals surface area contributed by atoms with Crippen molar-refractivity contribution < 1.29 is 9.59 Å². The number of fused-ring (bicyclic) bond motifs is 1. The molecule has 2 aromatic carbocycles. The fourth-order valence-corrected chi connectivity index (χ4v) is 3.02. The maximum Gasteiger partial charge on any atom is 0.272 e. The van der Waals surface area contributed by atoms with Gasteiger partial charge in [-0.25, -0.2) is 0 Å². The van der Waals surface area contributed by atoms with Crippen LogP contribution >= 0.6 is 11.6 Å². The third-order valence-electron chi connectivity index (χ3n) is 4.08. The molecule has 5 nitrogen and oxygen atoms in total. The highest BCUT2D eigenvalue weighted by Crippen LogP contribution is 2.24. The molecule has 0 fully saturated rings. The van der Waals surface area contributed by atoms with Crippen LogP contribution in [0.2, 0.25) is 5.02 Å². The molecule has 1 heterocycles. The Bertz CT molecular complexity index is 992. The number of nitrogens with one attached hydrogen (secondary N) is 2. The largest absolute Gasteiger partial charge is 0.350 e. The number of benzene rings is 2. The molecule has 1 aromatic heterocycles. The van der Waals surface area contributed by atoms with Crippen molar-refractivity contribution in [1.82, 2.24) is 9.88 Å². The number of nitrogens with zero attached hydrogens (tertiary/aromatic N) is 1. The maximum atomic E-state index is 12.8. The first-order valence-corrected chi connectivity index (χ1v) is 8.71. The molecule has 3 rings (SSSR count). The second kappa shape index (κ2) is 7.22. The third-order valence-corrected chi connectivity index (χ3v) is 4.31. The minimum Gasteiger partial charge on any atom is -0.350 e. The standard InChI is InChI=1S/C20H20ClN3O2/c1-12(2)22-19(25)15-9-8-14(21)11-16(15)23-20(26)18-10-13-6-4-5-7-17(13)24(18)3/h4-12H,1-3H3,(H,22,25)(H,23,26). The van der Waals surface area contributed by atoms with E-state index < -0.39 is 0 Å². The summed E-state index contributed by atoms with van der Waals surface area (Å²) < 4.78 is 1.82. The second-order valence-corrected chi connectivity index (χ2v) is 6.86. The molecule has 0 atom stereocenters. The highest BCUT2D eigenvalue weighted by molar-refractivity contribution is 6.31. The van der Waals surface area contributed by atoms with Crippen LogP contribution in [-0.2, 0) is 7.05 Å². The average Bonchev–Trinajstić information content (AvgIpc) is 2.92. The lowest BCUT2D eigenvalue weighted by atomic mass is 10.1. The molecule has 0 radical (unpaired) electrons. The summed E-state index contributed by atoms with van der Waals surface area (Å²) in [5.41, 5.74) is 2.21. The van der Waals surface area contributed by atoms with Gasteiger partial charge in [-0.15, -0.1) is 0 Å². The van der Waals surface area contributed by atoms with Crippen LogP contribution in [0.4, 0.5) is 5.69 Å². The van der Waals surface area contributed by atoms with Gasteiger partial charge in [0.25, 0.3) is 11.8 Å². The molecule has 0 aliphatic carbocycles. The summed E-state index contributed by atoms with van der Waals surface area (Å²) in [6, 6.07) is 14.4. The van der Waals surface area contributed by atoms with Crippen molar-refractivity contribution in [2.24, 2.45) is 7.05 Å². The van der Waals surface area contributed by atoms with Gasteiger partial charge in [0.15, 0.2) is 0 Å². The van der Waals surface area contributed by atoms with Crippen molar-refractivity contribution in [3.05, 3.63) is 64.8 Å². The Hall–Kier alpha value is -2.79. The summed E-state index contributed by atoms with van der Waals surface area (Å²) in [7, 11) is 1.83. The van der Waals surface area contributed by atoms with Gasteiger partial charge in [0.05, 0.1) is 11.3 Å². The number of halogens is 1. The van der Waals surface area contributed by atoms with Crippen LogP contribution in [0.3, 0.4) is 0 Å². The van der Waals surface area contributed by atoms with E-state index in [-0.39, 0.29) is 17.9 Å². The van der Waals surface area contributed by atoms with Crippen LogP contribution < -0.4 is 10.6 Å². The molecule has 0 saturated carbocycles. The highest BCUT2D eigenvalue weighted by atomic mass is 35.5. The number of para-hydroxylation sites is 1. The van der Waals surface area contributed by atoms with E-state index in [0.29, 0.717) is 22.0 Å². The number of rotatable bonds is 4. The minimum absolute atomic E-state index is 0.0140. The maximum absolute atomic E-state index is 12.8. The average molecular weight is 370 g/mol. The number of amides is 2. The Labute approximate surface area is 157 Å². The summed E-state index contributed by atoms with van der Waals surface area (Å²) in [6.07, 6.45) is 0. The van der Waals surface area contributed by atoms with Crippen LogP contribution in [0.1, 0.15) is 34.7 Å². The van der Waals surface area contributed by atoms with Crippen molar-refractivity contribution >= 4 is 40.0 Å². The van der Waals surface area contributed by atoms with Crippen molar-refractivity contribution in [2.45, 2.75) is 19.9 Å². The van der Waals surface area contributed by atoms with Crippen molar-refractivity contribution in [2.75, 3.05) is 5.32 Å². The zero-order valence-electron chi connectivity index (χ0n) is 14.8. The topological polar surface area (TPSA) is 63.1 Å². The Balaban J connectivity index is 1.94. The zero-order valence-corrected chi connectivity index (χ0v) is 15.6. The molecular weight excluding hydrogens is 350 g/mol. The molecule has 0 bridgehead atoms. The SMILES string of the molecule is CC(C)NC(=O)c1ccc(Cl)cc1NC(=O)c1cc2ccccc2n1C. The smallest absolute Gasteiger partial charge is 0.272 e. The van der Waals surface area contributed by atoms with Gasteiger partial charge in [0.1, 0.15) is 5.69 Å². The number of hydrogen-bond donors (Lipinski definition) is 2. The summed E-state index contributed by atoms with van der Waals surface area (Å²) in [4.78, 5) is 25.2. The predicted molar refractivity (Wildman–Crippen MR) is 105 cm³/mol. The fourth-order valence-electron chi connectivity index (χ4n) is 2.85. The third kappa shape index (κ3) is 3.58. The van der Waals surface area contributed by atoms with Crippen LogP contribution in [0.5, 0.6) is 0 Å². The molecule has 0 saturated heterocycles.